The van der Waals surface area contributed by atoms with E-state index in [2.05, 4.69) is 20.5 Å². The summed E-state index contributed by atoms with van der Waals surface area (Å²) in [6.07, 6.45) is 1.10. The molecule has 5 aromatic rings. The van der Waals surface area contributed by atoms with Gasteiger partial charge < -0.3 is 19.9 Å². The quantitative estimate of drug-likeness (QED) is 0.220. The molecule has 0 fully saturated rings. The topological polar surface area (TPSA) is 140 Å². The summed E-state index contributed by atoms with van der Waals surface area (Å²) >= 11 is 0. The van der Waals surface area contributed by atoms with Gasteiger partial charge in [0.1, 0.15) is 23.0 Å². The zero-order valence-corrected chi connectivity index (χ0v) is 24.4. The molecule has 5 rings (SSSR count). The Morgan fingerprint density at radius 3 is 2.46 bits per heavy atom. The van der Waals surface area contributed by atoms with E-state index in [4.69, 9.17) is 14.6 Å². The van der Waals surface area contributed by atoms with Crippen molar-refractivity contribution >= 4 is 32.6 Å². The molecular weight excluding hydrogens is 540 g/mol. The smallest absolute Gasteiger partial charge is 0.248 e. The molecule has 0 unspecified atom stereocenters. The maximum absolute atomic E-state index is 13.0. The minimum absolute atomic E-state index is 0.212. The molecule has 214 valence electrons. The predicted molar refractivity (Wildman–Crippen MR) is 160 cm³/mol. The monoisotopic (exact) mass is 574 g/mol. The lowest BCUT2D eigenvalue weighted by Crippen LogP contribution is -2.35. The van der Waals surface area contributed by atoms with Crippen LogP contribution in [-0.4, -0.2) is 42.4 Å². The molecule has 3 aromatic heterocycles. The number of furan rings is 1. The first kappa shape index (κ1) is 28.3. The standard InChI is InChI=1S/C30H34N6O4S/c1-20(2)41(37,38)36(4)27-18-23(28-34-35-29(40-28)30(3,31)19-21-10-6-5-7-11-21)17-26(33-27)32-15-14-24-16-22-12-8-9-13-25(22)39-24/h5-13,16-18,20H,14-15,19,31H2,1-4H3,(H,32,33)/t30-/m1/s1. The lowest BCUT2D eigenvalue weighted by atomic mass is 9.94. The molecule has 2 aromatic carbocycles. The Labute approximate surface area is 239 Å². The first-order chi connectivity index (χ1) is 19.5. The number of pyridine rings is 1. The van der Waals surface area contributed by atoms with Crippen molar-refractivity contribution in [2.24, 2.45) is 5.73 Å². The molecule has 11 heteroatoms. The molecule has 10 nitrogen and oxygen atoms in total. The van der Waals surface area contributed by atoms with E-state index in [1.807, 2.05) is 67.6 Å². The Morgan fingerprint density at radius 1 is 1.00 bits per heavy atom. The number of nitrogens with two attached hydrogens (primary N) is 1. The van der Waals surface area contributed by atoms with Gasteiger partial charge in [-0.2, -0.15) is 0 Å². The fraction of sp³-hybridized carbons (Fsp3) is 0.300. The van der Waals surface area contributed by atoms with E-state index < -0.39 is 20.8 Å². The highest BCUT2D eigenvalue weighted by Crippen LogP contribution is 2.30. The third kappa shape index (κ3) is 6.26. The van der Waals surface area contributed by atoms with Crippen molar-refractivity contribution < 1.29 is 17.3 Å². The van der Waals surface area contributed by atoms with Crippen LogP contribution in [-0.2, 0) is 28.4 Å². The molecule has 0 spiro atoms. The summed E-state index contributed by atoms with van der Waals surface area (Å²) in [6.45, 7) is 5.59. The van der Waals surface area contributed by atoms with Crippen LogP contribution in [0.2, 0.25) is 0 Å². The van der Waals surface area contributed by atoms with Crippen LogP contribution in [0.15, 0.2) is 81.6 Å². The van der Waals surface area contributed by atoms with E-state index in [9.17, 15) is 8.42 Å². The van der Waals surface area contributed by atoms with Gasteiger partial charge in [0.2, 0.25) is 21.8 Å². The Balaban J connectivity index is 1.42. The fourth-order valence-corrected chi connectivity index (χ4v) is 5.46. The van der Waals surface area contributed by atoms with Crippen molar-refractivity contribution in [1.82, 2.24) is 15.2 Å². The fourth-order valence-electron chi connectivity index (χ4n) is 4.48. The summed E-state index contributed by atoms with van der Waals surface area (Å²) in [5.41, 5.74) is 8.07. The van der Waals surface area contributed by atoms with Gasteiger partial charge in [0.05, 0.1) is 10.8 Å². The average molecular weight is 575 g/mol. The van der Waals surface area contributed by atoms with Crippen LogP contribution in [0, 0.1) is 0 Å². The van der Waals surface area contributed by atoms with E-state index in [0.717, 1.165) is 22.3 Å². The maximum Gasteiger partial charge on any atom is 0.248 e. The molecule has 0 saturated heterocycles. The van der Waals surface area contributed by atoms with Crippen LogP contribution >= 0.6 is 0 Å². The van der Waals surface area contributed by atoms with Crippen LogP contribution in [0.4, 0.5) is 11.6 Å². The van der Waals surface area contributed by atoms with Crippen molar-refractivity contribution in [3.05, 3.63) is 90.0 Å². The van der Waals surface area contributed by atoms with Gasteiger partial charge in [-0.15, -0.1) is 10.2 Å². The second-order valence-corrected chi connectivity index (χ2v) is 13.1. The molecule has 0 aliphatic rings. The van der Waals surface area contributed by atoms with Crippen LogP contribution in [0.1, 0.15) is 38.0 Å². The number of benzene rings is 2. The lowest BCUT2D eigenvalue weighted by Gasteiger charge is -2.22. The van der Waals surface area contributed by atoms with Gasteiger partial charge in [0.25, 0.3) is 0 Å². The van der Waals surface area contributed by atoms with Crippen molar-refractivity contribution in [2.45, 2.75) is 44.4 Å². The van der Waals surface area contributed by atoms with Crippen molar-refractivity contribution in [3.63, 3.8) is 0 Å². The predicted octanol–water partition coefficient (Wildman–Crippen LogP) is 5.12. The normalized spacial score (nSPS) is 13.4. The third-order valence-electron chi connectivity index (χ3n) is 6.84. The van der Waals surface area contributed by atoms with Gasteiger partial charge in [-0.3, -0.25) is 4.31 Å². The molecule has 41 heavy (non-hydrogen) atoms. The highest BCUT2D eigenvalue weighted by atomic mass is 32.2. The number of sulfonamides is 1. The third-order valence-corrected chi connectivity index (χ3v) is 8.98. The molecule has 0 saturated carbocycles. The largest absolute Gasteiger partial charge is 0.461 e. The number of nitrogens with zero attached hydrogens (tertiary/aromatic N) is 4. The number of para-hydroxylation sites is 1. The SMILES string of the molecule is CC(C)S(=O)(=O)N(C)c1cc(-c2nnc([C@](C)(N)Cc3ccccc3)o2)cc(NCCc2cc3ccccc3o2)n1. The van der Waals surface area contributed by atoms with Gasteiger partial charge in [-0.25, -0.2) is 13.4 Å². The van der Waals surface area contributed by atoms with E-state index in [0.29, 0.717) is 30.8 Å². The Kier molecular flexibility index (Phi) is 7.83. The van der Waals surface area contributed by atoms with E-state index in [-0.39, 0.29) is 17.6 Å². The zero-order chi connectivity index (χ0) is 29.2. The molecule has 3 heterocycles. The molecule has 0 radical (unpaired) electrons. The highest BCUT2D eigenvalue weighted by molar-refractivity contribution is 7.93. The molecule has 0 bridgehead atoms. The molecule has 0 amide bonds. The number of fused-ring (bicyclic) bond motifs is 1. The number of hydrogen-bond donors (Lipinski definition) is 2. The van der Waals surface area contributed by atoms with Crippen LogP contribution in [0.25, 0.3) is 22.4 Å². The lowest BCUT2D eigenvalue weighted by molar-refractivity contribution is 0.355. The summed E-state index contributed by atoms with van der Waals surface area (Å²) in [5, 5.41) is 12.2. The van der Waals surface area contributed by atoms with E-state index in [1.54, 1.807) is 26.0 Å². The Bertz CT molecular complexity index is 1710. The first-order valence-electron chi connectivity index (χ1n) is 13.4. The summed E-state index contributed by atoms with van der Waals surface area (Å²) in [5.74, 6) is 2.00. The van der Waals surface area contributed by atoms with Gasteiger partial charge in [-0.1, -0.05) is 48.5 Å². The number of aromatic nitrogens is 3. The summed E-state index contributed by atoms with van der Waals surface area (Å²) in [6, 6.07) is 23.0. The maximum atomic E-state index is 13.0. The van der Waals surface area contributed by atoms with Gasteiger partial charge >= 0.3 is 0 Å². The molecule has 1 atom stereocenters. The van der Waals surface area contributed by atoms with Crippen molar-refractivity contribution in [3.8, 4) is 11.5 Å². The van der Waals surface area contributed by atoms with Crippen LogP contribution < -0.4 is 15.4 Å². The van der Waals surface area contributed by atoms with E-state index in [1.165, 1.54) is 11.4 Å². The van der Waals surface area contributed by atoms with Gasteiger partial charge in [-0.05, 0) is 57.0 Å². The first-order valence-corrected chi connectivity index (χ1v) is 14.9. The second kappa shape index (κ2) is 11.3. The zero-order valence-electron chi connectivity index (χ0n) is 23.5. The Hall–Kier alpha value is -4.22. The van der Waals surface area contributed by atoms with Crippen LogP contribution in [0.5, 0.6) is 0 Å². The molecular formula is C30H34N6O4S. The Morgan fingerprint density at radius 2 is 1.73 bits per heavy atom. The highest BCUT2D eigenvalue weighted by Gasteiger charge is 2.30. The molecule has 3 N–H and O–H groups in total. The second-order valence-electron chi connectivity index (χ2n) is 10.6. The minimum Gasteiger partial charge on any atom is -0.461 e. The van der Waals surface area contributed by atoms with Gasteiger partial charge in [0, 0.05) is 31.0 Å². The average Bonchev–Trinajstić information content (AvgIpc) is 3.61. The van der Waals surface area contributed by atoms with Crippen molar-refractivity contribution in [1.29, 1.82) is 0 Å². The summed E-state index contributed by atoms with van der Waals surface area (Å²) in [7, 11) is -2.15. The number of hydrogen-bond acceptors (Lipinski definition) is 9. The van der Waals surface area contributed by atoms with Gasteiger partial charge in [0.15, 0.2) is 0 Å². The molecule has 0 aliphatic carbocycles. The van der Waals surface area contributed by atoms with Crippen LogP contribution in [0.3, 0.4) is 0 Å². The van der Waals surface area contributed by atoms with E-state index >= 15 is 0 Å². The summed E-state index contributed by atoms with van der Waals surface area (Å²) in [4.78, 5) is 4.58. The molecule has 0 aliphatic heterocycles. The minimum atomic E-state index is -3.64. The summed E-state index contributed by atoms with van der Waals surface area (Å²) < 4.78 is 39.1. The van der Waals surface area contributed by atoms with Crippen molar-refractivity contribution in [2.75, 3.05) is 23.2 Å². The number of nitrogens with one attached hydrogen (secondary N) is 1. The number of rotatable bonds is 11. The number of anilines is 2.